The Bertz CT molecular complexity index is 408. The fourth-order valence-corrected chi connectivity index (χ4v) is 2.07. The molecule has 0 unspecified atom stereocenters. The van der Waals surface area contributed by atoms with Crippen molar-refractivity contribution in [2.75, 3.05) is 0 Å². The van der Waals surface area contributed by atoms with Gasteiger partial charge < -0.3 is 0 Å². The van der Waals surface area contributed by atoms with E-state index in [-0.39, 0.29) is 4.90 Å². The summed E-state index contributed by atoms with van der Waals surface area (Å²) in [7, 11) is -3.66. The van der Waals surface area contributed by atoms with Crippen LogP contribution in [-0.2, 0) is 10.0 Å². The number of hydrogen-bond donors (Lipinski definition) is 0. The van der Waals surface area contributed by atoms with Gasteiger partial charge in [-0.1, -0.05) is 18.2 Å². The Morgan fingerprint density at radius 1 is 1.31 bits per heavy atom. The highest BCUT2D eigenvalue weighted by atomic mass is 32.3. The van der Waals surface area contributed by atoms with Gasteiger partial charge in [0, 0.05) is 0 Å². The van der Waals surface area contributed by atoms with Crippen molar-refractivity contribution in [3.05, 3.63) is 30.3 Å². The number of rotatable bonds is 3. The molecule has 0 bridgehead atoms. The second-order valence-corrected chi connectivity index (χ2v) is 4.43. The minimum absolute atomic E-state index is 0.0951. The van der Waals surface area contributed by atoms with E-state index in [1.807, 2.05) is 0 Å². The Labute approximate surface area is 80.8 Å². The van der Waals surface area contributed by atoms with Crippen LogP contribution in [0, 0.1) is 10.7 Å². The Kier molecular flexibility index (Phi) is 3.31. The number of nitriles is 1. The van der Waals surface area contributed by atoms with E-state index in [1.54, 1.807) is 23.6 Å². The van der Waals surface area contributed by atoms with Gasteiger partial charge in [-0.2, -0.15) is 5.26 Å². The van der Waals surface area contributed by atoms with Crippen molar-refractivity contribution < 1.29 is 8.42 Å². The predicted molar refractivity (Wildman–Crippen MR) is 49.0 cm³/mol. The van der Waals surface area contributed by atoms with Crippen LogP contribution in [0.2, 0.25) is 0 Å². The first-order chi connectivity index (χ1) is 6.17. The third kappa shape index (κ3) is 2.73. The molecule has 0 aromatic heterocycles. The van der Waals surface area contributed by atoms with Gasteiger partial charge in [-0.15, -0.1) is 0 Å². The summed E-state index contributed by atoms with van der Waals surface area (Å²) >= 11 is 0.352. The molecule has 13 heavy (non-hydrogen) atoms. The summed E-state index contributed by atoms with van der Waals surface area (Å²) in [5.74, 6) is 0. The lowest BCUT2D eigenvalue weighted by atomic mass is 10.4. The molecule has 4 nitrogen and oxygen atoms in total. The zero-order valence-corrected chi connectivity index (χ0v) is 8.05. The molecule has 1 aromatic carbocycles. The molecule has 1 rings (SSSR count). The van der Waals surface area contributed by atoms with E-state index in [4.69, 9.17) is 5.26 Å². The Balaban J connectivity index is 2.90. The summed E-state index contributed by atoms with van der Waals surface area (Å²) < 4.78 is 25.7. The van der Waals surface area contributed by atoms with Crippen molar-refractivity contribution >= 4 is 22.0 Å². The SMILES string of the molecule is N#CS[N]S(=O)(=O)c1ccccc1. The molecule has 0 saturated heterocycles. The van der Waals surface area contributed by atoms with Gasteiger partial charge >= 0.3 is 0 Å². The molecule has 0 fully saturated rings. The van der Waals surface area contributed by atoms with Crippen molar-refractivity contribution in [2.45, 2.75) is 4.90 Å². The van der Waals surface area contributed by atoms with E-state index in [0.717, 1.165) is 0 Å². The molecule has 0 heterocycles. The van der Waals surface area contributed by atoms with Crippen LogP contribution in [0.3, 0.4) is 0 Å². The quantitative estimate of drug-likeness (QED) is 0.557. The lowest BCUT2D eigenvalue weighted by molar-refractivity contribution is 0.594. The summed E-state index contributed by atoms with van der Waals surface area (Å²) in [5, 5.41) is 9.70. The van der Waals surface area contributed by atoms with E-state index in [0.29, 0.717) is 11.9 Å². The van der Waals surface area contributed by atoms with Crippen LogP contribution in [0.25, 0.3) is 0 Å². The monoisotopic (exact) mass is 213 g/mol. The summed E-state index contributed by atoms with van der Waals surface area (Å²) in [4.78, 5) is 0.0951. The minimum Gasteiger partial charge on any atom is -0.205 e. The van der Waals surface area contributed by atoms with Crippen molar-refractivity contribution in [2.24, 2.45) is 0 Å². The maximum atomic E-state index is 11.3. The smallest absolute Gasteiger partial charge is 0.205 e. The molecule has 0 aliphatic rings. The third-order valence-corrected chi connectivity index (χ3v) is 3.25. The Hall–Kier alpha value is -1.03. The highest BCUT2D eigenvalue weighted by Crippen LogP contribution is 2.11. The van der Waals surface area contributed by atoms with Crippen LogP contribution >= 0.6 is 11.9 Å². The summed E-state index contributed by atoms with van der Waals surface area (Å²) in [6.45, 7) is 0. The molecule has 0 aliphatic heterocycles. The topological polar surface area (TPSA) is 72.0 Å². The maximum absolute atomic E-state index is 11.3. The van der Waals surface area contributed by atoms with E-state index >= 15 is 0 Å². The fourth-order valence-electron chi connectivity index (χ4n) is 0.701. The average molecular weight is 213 g/mol. The fraction of sp³-hybridized carbons (Fsp3) is 0. The van der Waals surface area contributed by atoms with Crippen molar-refractivity contribution in [1.29, 1.82) is 5.26 Å². The second-order valence-electron chi connectivity index (χ2n) is 2.05. The predicted octanol–water partition coefficient (Wildman–Crippen LogP) is 1.11. The van der Waals surface area contributed by atoms with Gasteiger partial charge in [0.05, 0.1) is 16.8 Å². The molecular formula is C7H5N2O2S2. The van der Waals surface area contributed by atoms with E-state index in [1.165, 1.54) is 12.1 Å². The number of sulfonamides is 1. The van der Waals surface area contributed by atoms with Gasteiger partial charge in [-0.25, -0.2) is 8.42 Å². The largest absolute Gasteiger partial charge is 0.268 e. The number of benzene rings is 1. The van der Waals surface area contributed by atoms with Crippen LogP contribution in [0.1, 0.15) is 0 Å². The highest BCUT2D eigenvalue weighted by Gasteiger charge is 2.14. The van der Waals surface area contributed by atoms with Crippen molar-refractivity contribution in [3.8, 4) is 5.40 Å². The van der Waals surface area contributed by atoms with Crippen LogP contribution in [0.15, 0.2) is 35.2 Å². The molecule has 0 spiro atoms. The second kappa shape index (κ2) is 4.28. The van der Waals surface area contributed by atoms with Crippen LogP contribution in [-0.4, -0.2) is 8.42 Å². The van der Waals surface area contributed by atoms with Gasteiger partial charge in [0.15, 0.2) is 5.40 Å². The third-order valence-electron chi connectivity index (χ3n) is 1.22. The summed E-state index contributed by atoms with van der Waals surface area (Å²) in [5.41, 5.74) is 0. The highest BCUT2D eigenvalue weighted by molar-refractivity contribution is 8.11. The molecule has 0 amide bonds. The maximum Gasteiger partial charge on any atom is 0.268 e. The zero-order valence-electron chi connectivity index (χ0n) is 6.41. The van der Waals surface area contributed by atoms with E-state index in [2.05, 4.69) is 4.13 Å². The summed E-state index contributed by atoms with van der Waals surface area (Å²) in [6, 6.07) is 7.75. The number of nitrogens with zero attached hydrogens (tertiary/aromatic N) is 2. The molecule has 1 radical (unpaired) electrons. The zero-order chi connectivity index (χ0) is 9.73. The van der Waals surface area contributed by atoms with Gasteiger partial charge in [0.25, 0.3) is 10.0 Å². The molecule has 0 saturated carbocycles. The molecule has 0 aliphatic carbocycles. The standard InChI is InChI=1S/C7H5N2O2S2/c8-6-12-9-13(10,11)7-4-2-1-3-5-7/h1-5H. The normalized spacial score (nSPS) is 10.7. The number of hydrogen-bond acceptors (Lipinski definition) is 4. The summed E-state index contributed by atoms with van der Waals surface area (Å²) in [6.07, 6.45) is 0. The first-order valence-electron chi connectivity index (χ1n) is 3.24. The number of thiocyanates is 1. The van der Waals surface area contributed by atoms with Gasteiger partial charge in [0.2, 0.25) is 0 Å². The molecule has 67 valence electrons. The molecule has 0 atom stereocenters. The Morgan fingerprint density at radius 3 is 2.46 bits per heavy atom. The first kappa shape index (κ1) is 10.1. The van der Waals surface area contributed by atoms with Crippen LogP contribution in [0.5, 0.6) is 0 Å². The van der Waals surface area contributed by atoms with Crippen LogP contribution in [0.4, 0.5) is 0 Å². The minimum atomic E-state index is -3.66. The van der Waals surface area contributed by atoms with Gasteiger partial charge in [0.1, 0.15) is 0 Å². The van der Waals surface area contributed by atoms with E-state index < -0.39 is 10.0 Å². The molecular weight excluding hydrogens is 208 g/mol. The van der Waals surface area contributed by atoms with Crippen molar-refractivity contribution in [1.82, 2.24) is 4.13 Å². The lowest BCUT2D eigenvalue weighted by Crippen LogP contribution is -2.08. The van der Waals surface area contributed by atoms with Crippen LogP contribution < -0.4 is 4.13 Å². The average Bonchev–Trinajstić information content (AvgIpc) is 2.16. The van der Waals surface area contributed by atoms with Gasteiger partial charge in [-0.3, -0.25) is 0 Å². The first-order valence-corrected chi connectivity index (χ1v) is 5.45. The lowest BCUT2D eigenvalue weighted by Gasteiger charge is -1.98. The molecule has 6 heteroatoms. The molecule has 0 N–H and O–H groups in total. The van der Waals surface area contributed by atoms with Crippen molar-refractivity contribution in [3.63, 3.8) is 0 Å². The van der Waals surface area contributed by atoms with Gasteiger partial charge in [-0.05, 0) is 16.3 Å². The Morgan fingerprint density at radius 2 is 1.92 bits per heavy atom. The van der Waals surface area contributed by atoms with E-state index in [9.17, 15) is 8.42 Å². The molecule has 1 aromatic rings.